The van der Waals surface area contributed by atoms with E-state index in [0.29, 0.717) is 10.8 Å². The predicted molar refractivity (Wildman–Crippen MR) is 96.6 cm³/mol. The second-order valence-corrected chi connectivity index (χ2v) is 7.40. The van der Waals surface area contributed by atoms with Gasteiger partial charge in [0.05, 0.1) is 0 Å². The monoisotopic (exact) mass is 288 g/mol. The molecule has 0 aliphatic carbocycles. The summed E-state index contributed by atoms with van der Waals surface area (Å²) in [7, 11) is 0. The van der Waals surface area contributed by atoms with Crippen molar-refractivity contribution in [1.29, 1.82) is 0 Å². The van der Waals surface area contributed by atoms with Crippen molar-refractivity contribution in [3.63, 3.8) is 0 Å². The number of rotatable bonds is 6. The molecule has 0 aliphatic heterocycles. The van der Waals surface area contributed by atoms with E-state index in [1.165, 1.54) is 12.8 Å². The fraction of sp³-hybridized carbons (Fsp3) is 1.00. The van der Waals surface area contributed by atoms with Gasteiger partial charge in [0.2, 0.25) is 0 Å². The summed E-state index contributed by atoms with van der Waals surface area (Å²) in [6.45, 7) is 26.4. The molecule has 0 fully saturated rings. The molecule has 2 nitrogen and oxygen atoms in total. The average Bonchev–Trinajstić information content (AvgIpc) is 2.33. The third kappa shape index (κ3) is 36.1. The molecule has 0 aromatic carbocycles. The molecule has 0 radical (unpaired) electrons. The summed E-state index contributed by atoms with van der Waals surface area (Å²) in [4.78, 5) is 0. The molecule has 0 rings (SSSR count). The molecular weight excluding hydrogens is 244 g/mol. The molecule has 0 atom stereocenters. The lowest BCUT2D eigenvalue weighted by atomic mass is 9.92. The van der Waals surface area contributed by atoms with Gasteiger partial charge in [-0.3, -0.25) is 0 Å². The molecule has 0 bridgehead atoms. The van der Waals surface area contributed by atoms with Crippen molar-refractivity contribution in [2.75, 3.05) is 26.2 Å². The van der Waals surface area contributed by atoms with Crippen molar-refractivity contribution in [2.24, 2.45) is 10.8 Å². The zero-order valence-corrected chi connectivity index (χ0v) is 16.2. The second kappa shape index (κ2) is 15.3. The highest BCUT2D eigenvalue weighted by Crippen LogP contribution is 2.16. The Hall–Kier alpha value is -0.0800. The van der Waals surface area contributed by atoms with E-state index < -0.39 is 0 Å². The van der Waals surface area contributed by atoms with Crippen LogP contribution in [0.3, 0.4) is 0 Å². The van der Waals surface area contributed by atoms with Crippen molar-refractivity contribution in [1.82, 2.24) is 10.6 Å². The minimum absolute atomic E-state index is 0.440. The maximum Gasteiger partial charge on any atom is -0.0000241 e. The zero-order chi connectivity index (χ0) is 16.7. The molecule has 0 amide bonds. The van der Waals surface area contributed by atoms with Crippen LogP contribution >= 0.6 is 0 Å². The highest BCUT2D eigenvalue weighted by atomic mass is 14.9. The van der Waals surface area contributed by atoms with Gasteiger partial charge in [-0.15, -0.1) is 0 Å². The smallest absolute Gasteiger partial charge is 0.0000241 e. The largest absolute Gasteiger partial charge is 0.317 e. The van der Waals surface area contributed by atoms with E-state index in [9.17, 15) is 0 Å². The molecule has 2 heteroatoms. The lowest BCUT2D eigenvalue weighted by Crippen LogP contribution is -2.26. The molecule has 0 heterocycles. The lowest BCUT2D eigenvalue weighted by molar-refractivity contribution is 0.367. The summed E-state index contributed by atoms with van der Waals surface area (Å²) in [6.07, 6.45) is 2.51. The van der Waals surface area contributed by atoms with E-state index >= 15 is 0 Å². The van der Waals surface area contributed by atoms with Gasteiger partial charge in [0.1, 0.15) is 0 Å². The highest BCUT2D eigenvalue weighted by Gasteiger charge is 2.08. The van der Waals surface area contributed by atoms with Crippen LogP contribution in [-0.4, -0.2) is 26.2 Å². The quantitative estimate of drug-likeness (QED) is 0.665. The molecular formula is C18H44N2. The molecule has 2 N–H and O–H groups in total. The summed E-state index contributed by atoms with van der Waals surface area (Å²) >= 11 is 0. The van der Waals surface area contributed by atoms with E-state index in [-0.39, 0.29) is 0 Å². The maximum atomic E-state index is 3.39. The first-order chi connectivity index (χ1) is 9.12. The van der Waals surface area contributed by atoms with Crippen LogP contribution in [0.15, 0.2) is 0 Å². The average molecular weight is 289 g/mol. The first kappa shape index (κ1) is 24.9. The molecule has 0 aromatic heterocycles. The molecule has 20 heavy (non-hydrogen) atoms. The Morgan fingerprint density at radius 1 is 0.700 bits per heavy atom. The zero-order valence-electron chi connectivity index (χ0n) is 16.2. The molecule has 0 unspecified atom stereocenters. The van der Waals surface area contributed by atoms with Crippen LogP contribution in [0.25, 0.3) is 0 Å². The van der Waals surface area contributed by atoms with Crippen molar-refractivity contribution < 1.29 is 0 Å². The van der Waals surface area contributed by atoms with E-state index in [1.807, 2.05) is 13.8 Å². The topological polar surface area (TPSA) is 24.1 Å². The van der Waals surface area contributed by atoms with E-state index in [0.717, 1.165) is 26.2 Å². The van der Waals surface area contributed by atoms with Gasteiger partial charge in [-0.05, 0) is 49.9 Å². The SMILES string of the molecule is CC.CCCNCCC(C)(C)C.CCNCC(C)(C)C. The molecule has 126 valence electrons. The van der Waals surface area contributed by atoms with Crippen molar-refractivity contribution in [3.05, 3.63) is 0 Å². The Morgan fingerprint density at radius 3 is 1.45 bits per heavy atom. The molecule has 0 aliphatic rings. The van der Waals surface area contributed by atoms with Crippen molar-refractivity contribution in [3.8, 4) is 0 Å². The lowest BCUT2D eigenvalue weighted by Gasteiger charge is -2.17. The Balaban J connectivity index is -0.000000262. The van der Waals surface area contributed by atoms with Crippen molar-refractivity contribution in [2.45, 2.75) is 82.1 Å². The van der Waals surface area contributed by atoms with Gasteiger partial charge < -0.3 is 10.6 Å². The van der Waals surface area contributed by atoms with Gasteiger partial charge in [0, 0.05) is 0 Å². The fourth-order valence-corrected chi connectivity index (χ4v) is 1.27. The molecule has 0 aromatic rings. The molecule has 0 saturated heterocycles. The summed E-state index contributed by atoms with van der Waals surface area (Å²) in [5, 5.41) is 6.68. The van der Waals surface area contributed by atoms with Gasteiger partial charge in [-0.1, -0.05) is 69.2 Å². The van der Waals surface area contributed by atoms with E-state index in [4.69, 9.17) is 0 Å². The standard InChI is InChI=1S/C9H21N.C7H17N.C2H6/c1-5-7-10-8-6-9(2,3)4;1-5-8-6-7(2,3)4;1-2/h10H,5-8H2,1-4H3;8H,5-6H2,1-4H3;1-2H3. The summed E-state index contributed by atoms with van der Waals surface area (Å²) in [6, 6.07) is 0. The van der Waals surface area contributed by atoms with Crippen LogP contribution in [0.1, 0.15) is 82.1 Å². The highest BCUT2D eigenvalue weighted by molar-refractivity contribution is 4.63. The Morgan fingerprint density at radius 2 is 1.20 bits per heavy atom. The number of hydrogen-bond acceptors (Lipinski definition) is 2. The minimum Gasteiger partial charge on any atom is -0.317 e. The van der Waals surface area contributed by atoms with Gasteiger partial charge in [-0.25, -0.2) is 0 Å². The van der Waals surface area contributed by atoms with Crippen molar-refractivity contribution >= 4 is 0 Å². The van der Waals surface area contributed by atoms with E-state index in [1.54, 1.807) is 0 Å². The predicted octanol–water partition coefficient (Wildman–Crippen LogP) is 5.09. The second-order valence-electron chi connectivity index (χ2n) is 7.40. The fourth-order valence-electron chi connectivity index (χ4n) is 1.27. The van der Waals surface area contributed by atoms with Crippen LogP contribution in [0.2, 0.25) is 0 Å². The number of hydrogen-bond donors (Lipinski definition) is 2. The van der Waals surface area contributed by atoms with Gasteiger partial charge in [0.15, 0.2) is 0 Å². The minimum atomic E-state index is 0.440. The summed E-state index contributed by atoms with van der Waals surface area (Å²) in [5.74, 6) is 0. The number of nitrogens with one attached hydrogen (secondary N) is 2. The van der Waals surface area contributed by atoms with Crippen LogP contribution in [0.4, 0.5) is 0 Å². The third-order valence-electron chi connectivity index (χ3n) is 2.38. The Kier molecular flexibility index (Phi) is 19.1. The normalized spacial score (nSPS) is 11.1. The Labute approximate surface area is 130 Å². The van der Waals surface area contributed by atoms with Crippen LogP contribution in [0.5, 0.6) is 0 Å². The summed E-state index contributed by atoms with van der Waals surface area (Å²) < 4.78 is 0. The molecule has 0 saturated carbocycles. The van der Waals surface area contributed by atoms with Gasteiger partial charge in [-0.2, -0.15) is 0 Å². The van der Waals surface area contributed by atoms with Gasteiger partial charge in [0.25, 0.3) is 0 Å². The Bertz CT molecular complexity index is 163. The maximum absolute atomic E-state index is 3.39. The van der Waals surface area contributed by atoms with Crippen LogP contribution in [-0.2, 0) is 0 Å². The van der Waals surface area contributed by atoms with Crippen LogP contribution < -0.4 is 10.6 Å². The third-order valence-corrected chi connectivity index (χ3v) is 2.38. The first-order valence-electron chi connectivity index (χ1n) is 8.54. The summed E-state index contributed by atoms with van der Waals surface area (Å²) in [5.41, 5.74) is 0.927. The van der Waals surface area contributed by atoms with E-state index in [2.05, 4.69) is 66.0 Å². The van der Waals surface area contributed by atoms with Gasteiger partial charge >= 0.3 is 0 Å². The molecule has 0 spiro atoms. The van der Waals surface area contributed by atoms with Crippen LogP contribution in [0, 0.1) is 10.8 Å². The first-order valence-corrected chi connectivity index (χ1v) is 8.54.